The smallest absolute Gasteiger partial charge is 0.0105 e. The first kappa shape index (κ1) is 22.0. The quantitative estimate of drug-likeness (QED) is 0.433. The van der Waals surface area contributed by atoms with E-state index in [1.54, 1.807) is 0 Å². The lowest BCUT2D eigenvalue weighted by Crippen LogP contribution is -1.80. The third kappa shape index (κ3) is 5.83. The second kappa shape index (κ2) is 9.73. The van der Waals surface area contributed by atoms with Crippen LogP contribution < -0.4 is 0 Å². The van der Waals surface area contributed by atoms with Gasteiger partial charge in [-0.25, -0.2) is 0 Å². The molecule has 0 saturated heterocycles. The second-order valence-corrected chi connectivity index (χ2v) is 8.51. The number of fused-ring (bicyclic) bond motifs is 1. The molecule has 0 atom stereocenters. The van der Waals surface area contributed by atoms with Gasteiger partial charge in [0.25, 0.3) is 0 Å². The summed E-state index contributed by atoms with van der Waals surface area (Å²) in [5.41, 5.74) is 11.7. The largest absolute Gasteiger partial charge is 0.0690 e. The van der Waals surface area contributed by atoms with Crippen molar-refractivity contribution < 1.29 is 0 Å². The summed E-state index contributed by atoms with van der Waals surface area (Å²) in [7, 11) is 0. The average molecular weight is 373 g/mol. The van der Waals surface area contributed by atoms with Gasteiger partial charge in [-0.2, -0.15) is 0 Å². The summed E-state index contributed by atoms with van der Waals surface area (Å²) in [6.07, 6.45) is 6.92. The minimum atomic E-state index is 1.20. The van der Waals surface area contributed by atoms with E-state index in [0.29, 0.717) is 0 Å². The third-order valence-corrected chi connectivity index (χ3v) is 5.72. The number of benzene rings is 2. The molecule has 0 bridgehead atoms. The molecule has 0 aromatic heterocycles. The van der Waals surface area contributed by atoms with Crippen LogP contribution in [0.4, 0.5) is 0 Å². The van der Waals surface area contributed by atoms with Gasteiger partial charge in [0.05, 0.1) is 0 Å². The van der Waals surface area contributed by atoms with Crippen molar-refractivity contribution in [1.29, 1.82) is 0 Å². The SMILES string of the molecule is CC1=CC(C)=C(C)C1.CC1=CC(C)=C(C)C1.Cc1ccc(C)c2ccccc12. The molecule has 2 aromatic carbocycles. The summed E-state index contributed by atoms with van der Waals surface area (Å²) in [5, 5.41) is 2.75. The fourth-order valence-corrected chi connectivity index (χ4v) is 3.80. The molecule has 0 aliphatic heterocycles. The van der Waals surface area contributed by atoms with E-state index in [2.05, 4.69) is 104 Å². The van der Waals surface area contributed by atoms with E-state index in [1.807, 2.05) is 0 Å². The third-order valence-electron chi connectivity index (χ3n) is 5.72. The van der Waals surface area contributed by atoms with E-state index < -0.39 is 0 Å². The molecule has 4 rings (SSSR count). The zero-order valence-corrected chi connectivity index (χ0v) is 19.0. The Kier molecular flexibility index (Phi) is 7.63. The van der Waals surface area contributed by atoms with Crippen molar-refractivity contribution in [3.8, 4) is 0 Å². The highest BCUT2D eigenvalue weighted by Gasteiger charge is 2.03. The lowest BCUT2D eigenvalue weighted by molar-refractivity contribution is 1.14. The summed E-state index contributed by atoms with van der Waals surface area (Å²) < 4.78 is 0. The maximum absolute atomic E-state index is 2.26. The fourth-order valence-electron chi connectivity index (χ4n) is 3.80. The standard InChI is InChI=1S/C12H12.2C8H12/c1-9-7-8-10(2)12-6-4-3-5-11(9)12;2*1-6-4-7(2)8(3)5-6/h3-8H,1-2H3;2*4H,5H2,1-3H3. The van der Waals surface area contributed by atoms with Gasteiger partial charge in [-0.3, -0.25) is 0 Å². The van der Waals surface area contributed by atoms with Crippen molar-refractivity contribution in [3.63, 3.8) is 0 Å². The highest BCUT2D eigenvalue weighted by molar-refractivity contribution is 5.88. The first-order chi connectivity index (χ1) is 13.2. The monoisotopic (exact) mass is 372 g/mol. The number of hydrogen-bond acceptors (Lipinski definition) is 0. The van der Waals surface area contributed by atoms with Gasteiger partial charge >= 0.3 is 0 Å². The molecule has 0 unspecified atom stereocenters. The lowest BCUT2D eigenvalue weighted by Gasteiger charge is -2.03. The van der Waals surface area contributed by atoms with Crippen LogP contribution in [-0.2, 0) is 0 Å². The van der Waals surface area contributed by atoms with Crippen molar-refractivity contribution >= 4 is 10.8 Å². The molecule has 0 heteroatoms. The van der Waals surface area contributed by atoms with Gasteiger partial charge in [0.1, 0.15) is 0 Å². The molecule has 0 nitrogen and oxygen atoms in total. The summed E-state index contributed by atoms with van der Waals surface area (Å²) >= 11 is 0. The van der Waals surface area contributed by atoms with Crippen LogP contribution in [0.5, 0.6) is 0 Å². The van der Waals surface area contributed by atoms with Gasteiger partial charge < -0.3 is 0 Å². The van der Waals surface area contributed by atoms with E-state index in [4.69, 9.17) is 0 Å². The van der Waals surface area contributed by atoms with E-state index in [1.165, 1.54) is 68.2 Å². The summed E-state index contributed by atoms with van der Waals surface area (Å²) in [6.45, 7) is 17.4. The molecule has 2 aromatic rings. The van der Waals surface area contributed by atoms with Crippen LogP contribution in [0.2, 0.25) is 0 Å². The van der Waals surface area contributed by atoms with Crippen molar-refractivity contribution in [2.24, 2.45) is 0 Å². The molecular formula is C28H36. The highest BCUT2D eigenvalue weighted by atomic mass is 14.1. The fraction of sp³-hybridized carbons (Fsp3) is 0.357. The number of allylic oxidation sites excluding steroid dienone is 8. The Morgan fingerprint density at radius 2 is 0.857 bits per heavy atom. The van der Waals surface area contributed by atoms with Gasteiger partial charge in [0, 0.05) is 0 Å². The lowest BCUT2D eigenvalue weighted by atomic mass is 10.0. The first-order valence-corrected chi connectivity index (χ1v) is 10.3. The molecule has 0 N–H and O–H groups in total. The predicted octanol–water partition coefficient (Wildman–Crippen LogP) is 8.80. The van der Waals surface area contributed by atoms with Crippen LogP contribution in [0.3, 0.4) is 0 Å². The first-order valence-electron chi connectivity index (χ1n) is 10.3. The van der Waals surface area contributed by atoms with E-state index in [0.717, 1.165) is 0 Å². The summed E-state index contributed by atoms with van der Waals surface area (Å²) in [6, 6.07) is 12.9. The van der Waals surface area contributed by atoms with E-state index in [9.17, 15) is 0 Å². The van der Waals surface area contributed by atoms with Crippen LogP contribution in [0.15, 0.2) is 82.0 Å². The van der Waals surface area contributed by atoms with Crippen molar-refractivity contribution in [3.05, 3.63) is 93.1 Å². The molecule has 0 fully saturated rings. The zero-order valence-electron chi connectivity index (χ0n) is 19.0. The van der Waals surface area contributed by atoms with Crippen molar-refractivity contribution in [2.75, 3.05) is 0 Å². The van der Waals surface area contributed by atoms with Crippen molar-refractivity contribution in [1.82, 2.24) is 0 Å². The number of hydrogen-bond donors (Lipinski definition) is 0. The maximum Gasteiger partial charge on any atom is -0.0105 e. The maximum atomic E-state index is 2.26. The van der Waals surface area contributed by atoms with Gasteiger partial charge in [0.2, 0.25) is 0 Å². The molecule has 0 amide bonds. The topological polar surface area (TPSA) is 0 Å². The molecule has 0 saturated carbocycles. The predicted molar refractivity (Wildman–Crippen MR) is 127 cm³/mol. The molecule has 0 heterocycles. The van der Waals surface area contributed by atoms with Crippen LogP contribution in [0.1, 0.15) is 65.5 Å². The zero-order chi connectivity index (χ0) is 20.8. The van der Waals surface area contributed by atoms with E-state index in [-0.39, 0.29) is 0 Å². The molecule has 2 aliphatic rings. The average Bonchev–Trinajstić information content (AvgIpc) is 3.11. The Labute approximate surface area is 172 Å². The molecule has 2 aliphatic carbocycles. The van der Waals surface area contributed by atoms with Crippen LogP contribution in [0.25, 0.3) is 10.8 Å². The molecule has 28 heavy (non-hydrogen) atoms. The molecule has 0 radical (unpaired) electrons. The number of rotatable bonds is 0. The molecule has 0 spiro atoms. The van der Waals surface area contributed by atoms with Gasteiger partial charge in [-0.15, -0.1) is 0 Å². The number of aryl methyl sites for hydroxylation is 2. The van der Waals surface area contributed by atoms with Gasteiger partial charge in [0.15, 0.2) is 0 Å². The Bertz CT molecular complexity index is 894. The van der Waals surface area contributed by atoms with Crippen LogP contribution in [0, 0.1) is 13.8 Å². The summed E-state index contributed by atoms with van der Waals surface area (Å²) in [4.78, 5) is 0. The summed E-state index contributed by atoms with van der Waals surface area (Å²) in [5.74, 6) is 0. The Morgan fingerprint density at radius 3 is 1.07 bits per heavy atom. The van der Waals surface area contributed by atoms with Gasteiger partial charge in [-0.05, 0) is 90.1 Å². The molecule has 148 valence electrons. The minimum absolute atomic E-state index is 1.20. The highest BCUT2D eigenvalue weighted by Crippen LogP contribution is 2.24. The van der Waals surface area contributed by atoms with Crippen LogP contribution >= 0.6 is 0 Å². The van der Waals surface area contributed by atoms with E-state index >= 15 is 0 Å². The van der Waals surface area contributed by atoms with Crippen molar-refractivity contribution in [2.45, 2.75) is 68.2 Å². The Morgan fingerprint density at radius 1 is 0.500 bits per heavy atom. The molecular weight excluding hydrogens is 336 g/mol. The Hall–Kier alpha value is -2.34. The normalized spacial score (nSPS) is 15.7. The minimum Gasteiger partial charge on any atom is -0.0690 e. The second-order valence-electron chi connectivity index (χ2n) is 8.51. The Balaban J connectivity index is 0.000000156. The van der Waals surface area contributed by atoms with Crippen LogP contribution in [-0.4, -0.2) is 0 Å². The van der Waals surface area contributed by atoms with Gasteiger partial charge in [-0.1, -0.05) is 82.0 Å².